The molecule has 0 aliphatic rings. The fourth-order valence-electron chi connectivity index (χ4n) is 2.71. The summed E-state index contributed by atoms with van der Waals surface area (Å²) in [4.78, 5) is 17.5. The van der Waals surface area contributed by atoms with Gasteiger partial charge in [0.1, 0.15) is 5.82 Å². The minimum Gasteiger partial charge on any atom is -0.504 e. The molecule has 140 valence electrons. The molecule has 0 fully saturated rings. The zero-order chi connectivity index (χ0) is 19.4. The van der Waals surface area contributed by atoms with Gasteiger partial charge >= 0.3 is 0 Å². The number of nitrogens with zero attached hydrogens (tertiary/aromatic N) is 3. The number of ether oxygens (including phenoxy) is 1. The van der Waals surface area contributed by atoms with E-state index in [0.717, 1.165) is 10.9 Å². The van der Waals surface area contributed by atoms with Crippen molar-refractivity contribution >= 4 is 33.0 Å². The summed E-state index contributed by atoms with van der Waals surface area (Å²) in [7, 11) is 0. The van der Waals surface area contributed by atoms with Crippen molar-refractivity contribution in [2.45, 2.75) is 26.7 Å². The van der Waals surface area contributed by atoms with E-state index in [0.29, 0.717) is 41.1 Å². The number of hydrogen-bond acceptors (Lipinski definition) is 5. The molecule has 0 aliphatic carbocycles. The first-order valence-corrected chi connectivity index (χ1v) is 9.54. The number of aromatic nitrogens is 2. The molecule has 0 saturated carbocycles. The minimum absolute atomic E-state index is 0.0649. The van der Waals surface area contributed by atoms with Gasteiger partial charge in [-0.15, -0.1) is 0 Å². The number of rotatable bonds is 6. The molecule has 0 radical (unpaired) electrons. The molecule has 6 nitrogen and oxygen atoms in total. The number of benzene rings is 2. The normalized spacial score (nSPS) is 11.4. The van der Waals surface area contributed by atoms with Crippen LogP contribution in [0.4, 0.5) is 0 Å². The number of aryl methyl sites for hydroxylation is 1. The number of phenols is 1. The second-order valence-electron chi connectivity index (χ2n) is 5.96. The molecule has 7 heteroatoms. The molecule has 2 aromatic carbocycles. The highest BCUT2D eigenvalue weighted by Gasteiger charge is 2.10. The van der Waals surface area contributed by atoms with Gasteiger partial charge in [0.2, 0.25) is 0 Å². The first kappa shape index (κ1) is 19.1. The average Bonchev–Trinajstić information content (AvgIpc) is 2.65. The molecule has 0 unspecified atom stereocenters. The fraction of sp³-hybridized carbons (Fsp3) is 0.250. The lowest BCUT2D eigenvalue weighted by molar-refractivity contribution is 0.318. The highest BCUT2D eigenvalue weighted by atomic mass is 79.9. The van der Waals surface area contributed by atoms with Crippen LogP contribution in [0.3, 0.4) is 0 Å². The number of hydrogen-bond donors (Lipinski definition) is 1. The summed E-state index contributed by atoms with van der Waals surface area (Å²) in [6.07, 6.45) is 3.05. The summed E-state index contributed by atoms with van der Waals surface area (Å²) >= 11 is 3.39. The quantitative estimate of drug-likeness (QED) is 0.598. The molecular formula is C20H20BrN3O3. The van der Waals surface area contributed by atoms with Crippen LogP contribution in [0.1, 0.15) is 31.7 Å². The van der Waals surface area contributed by atoms with E-state index in [9.17, 15) is 9.90 Å². The molecule has 1 aromatic heterocycles. The minimum atomic E-state index is -0.218. The maximum Gasteiger partial charge on any atom is 0.282 e. The van der Waals surface area contributed by atoms with Crippen LogP contribution in [0.25, 0.3) is 10.9 Å². The van der Waals surface area contributed by atoms with E-state index >= 15 is 0 Å². The van der Waals surface area contributed by atoms with Crippen LogP contribution in [0, 0.1) is 0 Å². The smallest absolute Gasteiger partial charge is 0.282 e. The van der Waals surface area contributed by atoms with Crippen molar-refractivity contribution in [1.29, 1.82) is 0 Å². The van der Waals surface area contributed by atoms with E-state index in [2.05, 4.69) is 26.0 Å². The molecule has 3 aromatic rings. The number of fused-ring (bicyclic) bond motifs is 1. The lowest BCUT2D eigenvalue weighted by Gasteiger charge is -2.09. The van der Waals surface area contributed by atoms with E-state index in [4.69, 9.17) is 4.74 Å². The molecular weight excluding hydrogens is 410 g/mol. The first-order valence-electron chi connectivity index (χ1n) is 8.74. The number of halogens is 1. The highest BCUT2D eigenvalue weighted by Crippen LogP contribution is 2.26. The highest BCUT2D eigenvalue weighted by molar-refractivity contribution is 9.10. The van der Waals surface area contributed by atoms with Gasteiger partial charge in [-0.3, -0.25) is 4.79 Å². The summed E-state index contributed by atoms with van der Waals surface area (Å²) < 4.78 is 7.54. The van der Waals surface area contributed by atoms with Crippen LogP contribution >= 0.6 is 15.9 Å². The van der Waals surface area contributed by atoms with Crippen LogP contribution < -0.4 is 10.3 Å². The van der Waals surface area contributed by atoms with Crippen molar-refractivity contribution in [1.82, 2.24) is 9.66 Å². The Bertz CT molecular complexity index is 1060. The molecule has 27 heavy (non-hydrogen) atoms. The van der Waals surface area contributed by atoms with Crippen molar-refractivity contribution in [3.8, 4) is 11.5 Å². The summed E-state index contributed by atoms with van der Waals surface area (Å²) in [6.45, 7) is 4.31. The fourth-order valence-corrected chi connectivity index (χ4v) is 3.07. The summed E-state index contributed by atoms with van der Waals surface area (Å²) in [6, 6.07) is 10.4. The molecule has 0 saturated heterocycles. The summed E-state index contributed by atoms with van der Waals surface area (Å²) in [5, 5.41) is 14.7. The van der Waals surface area contributed by atoms with Gasteiger partial charge in [0.05, 0.1) is 23.7 Å². The Morgan fingerprint density at radius 2 is 2.07 bits per heavy atom. The van der Waals surface area contributed by atoms with Gasteiger partial charge < -0.3 is 9.84 Å². The largest absolute Gasteiger partial charge is 0.504 e. The first-order chi connectivity index (χ1) is 13.0. The molecule has 3 rings (SSSR count). The lowest BCUT2D eigenvalue weighted by Crippen LogP contribution is -2.22. The molecule has 0 aliphatic heterocycles. The van der Waals surface area contributed by atoms with E-state index in [1.807, 2.05) is 26.0 Å². The lowest BCUT2D eigenvalue weighted by atomic mass is 10.2. The average molecular weight is 430 g/mol. The van der Waals surface area contributed by atoms with Gasteiger partial charge in [-0.2, -0.15) is 9.78 Å². The molecule has 0 spiro atoms. The van der Waals surface area contributed by atoms with E-state index in [-0.39, 0.29) is 11.3 Å². The molecule has 1 heterocycles. The monoisotopic (exact) mass is 429 g/mol. The predicted molar refractivity (Wildman–Crippen MR) is 110 cm³/mol. The van der Waals surface area contributed by atoms with E-state index in [1.165, 1.54) is 10.7 Å². The predicted octanol–water partition coefficient (Wildman–Crippen LogP) is 4.10. The third-order valence-electron chi connectivity index (χ3n) is 3.95. The Morgan fingerprint density at radius 1 is 1.26 bits per heavy atom. The Labute approximate surface area is 165 Å². The molecule has 0 amide bonds. The van der Waals surface area contributed by atoms with Crippen LogP contribution in [0.2, 0.25) is 0 Å². The van der Waals surface area contributed by atoms with Gasteiger partial charge in [0.25, 0.3) is 5.56 Å². The van der Waals surface area contributed by atoms with Crippen LogP contribution in [0.5, 0.6) is 11.5 Å². The topological polar surface area (TPSA) is 76.7 Å². The third kappa shape index (κ3) is 4.19. The van der Waals surface area contributed by atoms with Crippen LogP contribution in [0.15, 0.2) is 50.8 Å². The summed E-state index contributed by atoms with van der Waals surface area (Å²) in [5.41, 5.74) is 1.14. The van der Waals surface area contributed by atoms with Gasteiger partial charge in [0.15, 0.2) is 11.5 Å². The standard InChI is InChI=1S/C20H20BrN3O3/c1-3-5-19-23-16-8-7-14(21)11-15(16)20(26)24(19)22-12-13-6-9-17(25)18(10-13)27-4-2/h6-12,25H,3-5H2,1-2H3. The van der Waals surface area contributed by atoms with E-state index < -0.39 is 0 Å². The maximum atomic E-state index is 12.9. The van der Waals surface area contributed by atoms with Gasteiger partial charge in [-0.1, -0.05) is 22.9 Å². The molecule has 0 atom stereocenters. The van der Waals surface area contributed by atoms with Gasteiger partial charge in [0, 0.05) is 10.9 Å². The van der Waals surface area contributed by atoms with Gasteiger partial charge in [-0.25, -0.2) is 4.98 Å². The van der Waals surface area contributed by atoms with Gasteiger partial charge in [-0.05, 0) is 55.3 Å². The molecule has 0 bridgehead atoms. The van der Waals surface area contributed by atoms with Crippen LogP contribution in [-0.2, 0) is 6.42 Å². The third-order valence-corrected chi connectivity index (χ3v) is 4.45. The number of phenolic OH excluding ortho intramolecular Hbond substituents is 1. The Morgan fingerprint density at radius 3 is 2.81 bits per heavy atom. The second kappa shape index (κ2) is 8.35. The van der Waals surface area contributed by atoms with Crippen molar-refractivity contribution in [3.63, 3.8) is 0 Å². The Hall–Kier alpha value is -2.67. The Kier molecular flexibility index (Phi) is 5.91. The van der Waals surface area contributed by atoms with Crippen LogP contribution in [-0.4, -0.2) is 27.6 Å². The SMILES string of the molecule is CCCc1nc2ccc(Br)cc2c(=O)n1N=Cc1ccc(O)c(OCC)c1. The van der Waals surface area contributed by atoms with E-state index in [1.54, 1.807) is 24.4 Å². The second-order valence-corrected chi connectivity index (χ2v) is 6.88. The van der Waals surface area contributed by atoms with Crippen molar-refractivity contribution in [2.24, 2.45) is 5.10 Å². The zero-order valence-corrected chi connectivity index (χ0v) is 16.7. The van der Waals surface area contributed by atoms with Crippen molar-refractivity contribution in [2.75, 3.05) is 6.61 Å². The van der Waals surface area contributed by atoms with Crippen molar-refractivity contribution in [3.05, 3.63) is 62.6 Å². The van der Waals surface area contributed by atoms with Crippen molar-refractivity contribution < 1.29 is 9.84 Å². The summed E-state index contributed by atoms with van der Waals surface area (Å²) in [5.74, 6) is 1.05. The number of aromatic hydroxyl groups is 1. The Balaban J connectivity index is 2.08. The molecule has 1 N–H and O–H groups in total. The maximum absolute atomic E-state index is 12.9. The zero-order valence-electron chi connectivity index (χ0n) is 15.1.